The van der Waals surface area contributed by atoms with Crippen LogP contribution >= 0.6 is 0 Å². The molecule has 0 spiro atoms. The minimum absolute atomic E-state index is 0.131. The SMILES string of the molecule is CCCCCCC1C[C@H](O)c2ccc(OC)cc2O1. The average molecular weight is 264 g/mol. The summed E-state index contributed by atoms with van der Waals surface area (Å²) in [7, 11) is 1.64. The van der Waals surface area contributed by atoms with E-state index in [-0.39, 0.29) is 6.10 Å². The first-order valence-corrected chi connectivity index (χ1v) is 7.27. The topological polar surface area (TPSA) is 38.7 Å². The quantitative estimate of drug-likeness (QED) is 0.793. The molecule has 0 bridgehead atoms. The smallest absolute Gasteiger partial charge is 0.129 e. The number of rotatable bonds is 6. The molecule has 0 amide bonds. The van der Waals surface area contributed by atoms with Gasteiger partial charge in [0.15, 0.2) is 0 Å². The summed E-state index contributed by atoms with van der Waals surface area (Å²) < 4.78 is 11.2. The number of methoxy groups -OCH3 is 1. The van der Waals surface area contributed by atoms with Crippen molar-refractivity contribution in [2.45, 2.75) is 57.7 Å². The first-order valence-electron chi connectivity index (χ1n) is 7.27. The number of ether oxygens (including phenoxy) is 2. The summed E-state index contributed by atoms with van der Waals surface area (Å²) in [4.78, 5) is 0. The second-order valence-electron chi connectivity index (χ2n) is 5.24. The second-order valence-corrected chi connectivity index (χ2v) is 5.24. The van der Waals surface area contributed by atoms with Gasteiger partial charge in [-0.25, -0.2) is 0 Å². The fraction of sp³-hybridized carbons (Fsp3) is 0.625. The molecule has 0 aromatic heterocycles. The van der Waals surface area contributed by atoms with Crippen LogP contribution in [0.5, 0.6) is 11.5 Å². The van der Waals surface area contributed by atoms with Crippen LogP contribution in [-0.2, 0) is 0 Å². The third kappa shape index (κ3) is 3.63. The highest BCUT2D eigenvalue weighted by molar-refractivity contribution is 5.43. The van der Waals surface area contributed by atoms with Gasteiger partial charge in [0.1, 0.15) is 17.6 Å². The van der Waals surface area contributed by atoms with Crippen LogP contribution in [0.3, 0.4) is 0 Å². The number of fused-ring (bicyclic) bond motifs is 1. The summed E-state index contributed by atoms with van der Waals surface area (Å²) in [6.45, 7) is 2.21. The van der Waals surface area contributed by atoms with E-state index in [9.17, 15) is 5.11 Å². The highest BCUT2D eigenvalue weighted by atomic mass is 16.5. The largest absolute Gasteiger partial charge is 0.497 e. The van der Waals surface area contributed by atoms with E-state index in [1.54, 1.807) is 7.11 Å². The number of aliphatic hydroxyl groups excluding tert-OH is 1. The van der Waals surface area contributed by atoms with E-state index in [2.05, 4.69) is 6.92 Å². The predicted molar refractivity (Wildman–Crippen MR) is 75.7 cm³/mol. The summed E-state index contributed by atoms with van der Waals surface area (Å²) in [5, 5.41) is 10.2. The van der Waals surface area contributed by atoms with Crippen molar-refractivity contribution in [2.75, 3.05) is 7.11 Å². The van der Waals surface area contributed by atoms with Crippen molar-refractivity contribution in [3.63, 3.8) is 0 Å². The molecule has 1 N–H and O–H groups in total. The molecule has 0 fully saturated rings. The molecule has 1 aromatic rings. The Balaban J connectivity index is 1.97. The Morgan fingerprint density at radius 1 is 1.32 bits per heavy atom. The van der Waals surface area contributed by atoms with E-state index in [4.69, 9.17) is 9.47 Å². The van der Waals surface area contributed by atoms with Gasteiger partial charge in [0, 0.05) is 18.1 Å². The predicted octanol–water partition coefficient (Wildman–Crippen LogP) is 3.85. The molecule has 1 aliphatic rings. The van der Waals surface area contributed by atoms with Crippen molar-refractivity contribution in [3.8, 4) is 11.5 Å². The van der Waals surface area contributed by atoms with Gasteiger partial charge in [-0.15, -0.1) is 0 Å². The van der Waals surface area contributed by atoms with Crippen molar-refractivity contribution in [2.24, 2.45) is 0 Å². The Hall–Kier alpha value is -1.22. The number of hydrogen-bond acceptors (Lipinski definition) is 3. The van der Waals surface area contributed by atoms with Crippen LogP contribution < -0.4 is 9.47 Å². The van der Waals surface area contributed by atoms with Crippen LogP contribution in [0.1, 0.15) is 57.1 Å². The van der Waals surface area contributed by atoms with Gasteiger partial charge in [-0.1, -0.05) is 26.2 Å². The average Bonchev–Trinajstić information content (AvgIpc) is 2.43. The van der Waals surface area contributed by atoms with E-state index in [0.717, 1.165) is 23.5 Å². The van der Waals surface area contributed by atoms with Gasteiger partial charge >= 0.3 is 0 Å². The van der Waals surface area contributed by atoms with Crippen molar-refractivity contribution in [1.82, 2.24) is 0 Å². The molecular weight excluding hydrogens is 240 g/mol. The fourth-order valence-electron chi connectivity index (χ4n) is 2.60. The molecule has 0 saturated carbocycles. The molecule has 2 rings (SSSR count). The number of benzene rings is 1. The van der Waals surface area contributed by atoms with Crippen molar-refractivity contribution in [3.05, 3.63) is 23.8 Å². The number of unbranched alkanes of at least 4 members (excludes halogenated alkanes) is 3. The summed E-state index contributed by atoms with van der Waals surface area (Å²) in [5.74, 6) is 1.55. The lowest BCUT2D eigenvalue weighted by Crippen LogP contribution is -2.25. The zero-order valence-corrected chi connectivity index (χ0v) is 11.9. The fourth-order valence-corrected chi connectivity index (χ4v) is 2.60. The third-order valence-corrected chi connectivity index (χ3v) is 3.74. The van der Waals surface area contributed by atoms with Crippen LogP contribution in [0.25, 0.3) is 0 Å². The third-order valence-electron chi connectivity index (χ3n) is 3.74. The molecule has 0 saturated heterocycles. The molecule has 3 nitrogen and oxygen atoms in total. The monoisotopic (exact) mass is 264 g/mol. The number of aliphatic hydroxyl groups is 1. The zero-order chi connectivity index (χ0) is 13.7. The Labute approximate surface area is 115 Å². The van der Waals surface area contributed by atoms with E-state index < -0.39 is 6.10 Å². The second kappa shape index (κ2) is 6.80. The van der Waals surface area contributed by atoms with Crippen LogP contribution in [-0.4, -0.2) is 18.3 Å². The van der Waals surface area contributed by atoms with Crippen LogP contribution in [0.4, 0.5) is 0 Å². The first kappa shape index (κ1) is 14.2. The molecule has 2 atom stereocenters. The highest BCUT2D eigenvalue weighted by Gasteiger charge is 2.26. The van der Waals surface area contributed by atoms with Crippen LogP contribution in [0.15, 0.2) is 18.2 Å². The maximum atomic E-state index is 10.2. The van der Waals surface area contributed by atoms with Gasteiger partial charge < -0.3 is 14.6 Å². The Morgan fingerprint density at radius 2 is 2.16 bits per heavy atom. The van der Waals surface area contributed by atoms with Gasteiger partial charge in [0.05, 0.1) is 13.2 Å². The van der Waals surface area contributed by atoms with Gasteiger partial charge in [-0.05, 0) is 25.0 Å². The summed E-state index contributed by atoms with van der Waals surface area (Å²) in [6.07, 6.45) is 6.38. The van der Waals surface area contributed by atoms with Gasteiger partial charge in [0.2, 0.25) is 0 Å². The lowest BCUT2D eigenvalue weighted by molar-refractivity contribution is 0.0602. The van der Waals surface area contributed by atoms with Gasteiger partial charge in [-0.2, -0.15) is 0 Å². The molecule has 1 heterocycles. The first-order chi connectivity index (χ1) is 9.24. The molecule has 1 aliphatic heterocycles. The maximum Gasteiger partial charge on any atom is 0.129 e. The van der Waals surface area contributed by atoms with E-state index in [0.29, 0.717) is 6.42 Å². The summed E-state index contributed by atoms with van der Waals surface area (Å²) in [5.41, 5.74) is 0.880. The van der Waals surface area contributed by atoms with Crippen molar-refractivity contribution < 1.29 is 14.6 Å². The summed E-state index contributed by atoms with van der Waals surface area (Å²) in [6, 6.07) is 5.63. The minimum Gasteiger partial charge on any atom is -0.497 e. The molecule has 3 heteroatoms. The zero-order valence-electron chi connectivity index (χ0n) is 11.9. The molecule has 1 unspecified atom stereocenters. The molecule has 0 aliphatic carbocycles. The highest BCUT2D eigenvalue weighted by Crippen LogP contribution is 2.38. The Bertz CT molecular complexity index is 403. The molecular formula is C16H24O3. The van der Waals surface area contributed by atoms with Gasteiger partial charge in [0.25, 0.3) is 0 Å². The van der Waals surface area contributed by atoms with Gasteiger partial charge in [-0.3, -0.25) is 0 Å². The molecule has 19 heavy (non-hydrogen) atoms. The van der Waals surface area contributed by atoms with Crippen LogP contribution in [0, 0.1) is 0 Å². The van der Waals surface area contributed by atoms with E-state index >= 15 is 0 Å². The van der Waals surface area contributed by atoms with E-state index in [1.807, 2.05) is 18.2 Å². The number of hydrogen-bond donors (Lipinski definition) is 1. The minimum atomic E-state index is -0.411. The molecule has 1 aromatic carbocycles. The van der Waals surface area contributed by atoms with Crippen molar-refractivity contribution in [1.29, 1.82) is 0 Å². The normalized spacial score (nSPS) is 21.6. The lowest BCUT2D eigenvalue weighted by Gasteiger charge is -2.30. The molecule has 106 valence electrons. The lowest BCUT2D eigenvalue weighted by atomic mass is 9.96. The Morgan fingerprint density at radius 3 is 2.89 bits per heavy atom. The maximum absolute atomic E-state index is 10.2. The summed E-state index contributed by atoms with van der Waals surface area (Å²) >= 11 is 0. The van der Waals surface area contributed by atoms with Crippen molar-refractivity contribution >= 4 is 0 Å². The van der Waals surface area contributed by atoms with E-state index in [1.165, 1.54) is 25.7 Å². The van der Waals surface area contributed by atoms with Crippen LogP contribution in [0.2, 0.25) is 0 Å². The standard InChI is InChI=1S/C16H24O3/c1-3-4-5-6-7-13-10-15(17)14-9-8-12(18-2)11-16(14)19-13/h8-9,11,13,15,17H,3-7,10H2,1-2H3/t13?,15-/m0/s1. The molecule has 0 radical (unpaired) electrons. The Kier molecular flexibility index (Phi) is 5.08.